The van der Waals surface area contributed by atoms with Gasteiger partial charge >= 0.3 is 0 Å². The molecule has 0 aromatic heterocycles. The lowest BCUT2D eigenvalue weighted by molar-refractivity contribution is 0.237. The van der Waals surface area contributed by atoms with Crippen LogP contribution in [0.25, 0.3) is 0 Å². The maximum Gasteiger partial charge on any atom is 0.0176 e. The van der Waals surface area contributed by atoms with Gasteiger partial charge in [0.1, 0.15) is 0 Å². The average molecular weight is 272 g/mol. The van der Waals surface area contributed by atoms with E-state index in [0.717, 1.165) is 18.4 Å². The average Bonchev–Trinajstić information content (AvgIpc) is 3.01. The highest BCUT2D eigenvalue weighted by molar-refractivity contribution is 5.25. The van der Waals surface area contributed by atoms with E-state index < -0.39 is 0 Å². The molecule has 2 aliphatic rings. The number of hydrogen-bond acceptors (Lipinski definition) is 2. The number of rotatable bonds is 5. The molecule has 3 rings (SSSR count). The van der Waals surface area contributed by atoms with E-state index in [4.69, 9.17) is 0 Å². The first-order valence-corrected chi connectivity index (χ1v) is 8.14. The summed E-state index contributed by atoms with van der Waals surface area (Å²) in [7, 11) is 2.07. The van der Waals surface area contributed by atoms with E-state index in [1.807, 2.05) is 0 Å². The van der Waals surface area contributed by atoms with Crippen molar-refractivity contribution < 1.29 is 0 Å². The summed E-state index contributed by atoms with van der Waals surface area (Å²) in [4.78, 5) is 2.72. The van der Waals surface area contributed by atoms with Gasteiger partial charge in [-0.25, -0.2) is 0 Å². The number of nitrogens with one attached hydrogen (secondary N) is 1. The van der Waals surface area contributed by atoms with Crippen LogP contribution in [0.5, 0.6) is 0 Å². The SMILES string of the molecule is CNCC(C)(CN1CC2CCCC2C1)c1ccccc1. The van der Waals surface area contributed by atoms with E-state index in [-0.39, 0.29) is 5.41 Å². The first-order valence-electron chi connectivity index (χ1n) is 8.14. The van der Waals surface area contributed by atoms with Crippen molar-refractivity contribution in [2.24, 2.45) is 11.8 Å². The molecule has 20 heavy (non-hydrogen) atoms. The van der Waals surface area contributed by atoms with Crippen LogP contribution in [0.3, 0.4) is 0 Å². The van der Waals surface area contributed by atoms with Gasteiger partial charge in [0, 0.05) is 31.6 Å². The fraction of sp³-hybridized carbons (Fsp3) is 0.667. The van der Waals surface area contributed by atoms with Crippen LogP contribution in [0.2, 0.25) is 0 Å². The Hall–Kier alpha value is -0.860. The summed E-state index contributed by atoms with van der Waals surface area (Å²) < 4.78 is 0. The Morgan fingerprint density at radius 1 is 1.15 bits per heavy atom. The third-order valence-electron chi connectivity index (χ3n) is 5.41. The smallest absolute Gasteiger partial charge is 0.0176 e. The highest BCUT2D eigenvalue weighted by Crippen LogP contribution is 2.39. The maximum atomic E-state index is 3.40. The van der Waals surface area contributed by atoms with E-state index >= 15 is 0 Å². The van der Waals surface area contributed by atoms with Crippen molar-refractivity contribution in [1.29, 1.82) is 0 Å². The molecule has 0 spiro atoms. The normalized spacial score (nSPS) is 29.3. The van der Waals surface area contributed by atoms with Gasteiger partial charge in [0.15, 0.2) is 0 Å². The van der Waals surface area contributed by atoms with Crippen LogP contribution < -0.4 is 5.32 Å². The zero-order chi connectivity index (χ0) is 14.0. The molecule has 3 atom stereocenters. The number of fused-ring (bicyclic) bond motifs is 1. The van der Waals surface area contributed by atoms with Crippen molar-refractivity contribution in [3.05, 3.63) is 35.9 Å². The zero-order valence-electron chi connectivity index (χ0n) is 12.9. The molecule has 1 aromatic rings. The summed E-state index contributed by atoms with van der Waals surface area (Å²) in [6.45, 7) is 7.30. The van der Waals surface area contributed by atoms with Gasteiger partial charge in [-0.1, -0.05) is 43.7 Å². The van der Waals surface area contributed by atoms with Crippen LogP contribution in [-0.4, -0.2) is 38.1 Å². The minimum absolute atomic E-state index is 0.217. The molecule has 2 nitrogen and oxygen atoms in total. The lowest BCUT2D eigenvalue weighted by Gasteiger charge is -2.34. The monoisotopic (exact) mass is 272 g/mol. The van der Waals surface area contributed by atoms with Gasteiger partial charge < -0.3 is 10.2 Å². The standard InChI is InChI=1S/C18H28N2/c1-18(13-19-2,17-9-4-3-5-10-17)14-20-11-15-7-6-8-16(15)12-20/h3-5,9-10,15-16,19H,6-8,11-14H2,1-2H3. The summed E-state index contributed by atoms with van der Waals surface area (Å²) in [6.07, 6.45) is 4.40. The number of nitrogens with zero attached hydrogens (tertiary/aromatic N) is 1. The van der Waals surface area contributed by atoms with E-state index in [1.54, 1.807) is 0 Å². The highest BCUT2D eigenvalue weighted by atomic mass is 15.2. The second kappa shape index (κ2) is 5.87. The summed E-state index contributed by atoms with van der Waals surface area (Å²) >= 11 is 0. The molecule has 1 aromatic carbocycles. The van der Waals surface area contributed by atoms with Gasteiger partial charge in [-0.05, 0) is 37.3 Å². The molecule has 1 aliphatic heterocycles. The molecule has 1 aliphatic carbocycles. The van der Waals surface area contributed by atoms with Gasteiger partial charge in [0.25, 0.3) is 0 Å². The van der Waals surface area contributed by atoms with Crippen molar-refractivity contribution in [2.45, 2.75) is 31.6 Å². The number of hydrogen-bond donors (Lipinski definition) is 1. The molecule has 0 radical (unpaired) electrons. The lowest BCUT2D eigenvalue weighted by Crippen LogP contribution is -2.44. The molecule has 2 heteroatoms. The minimum Gasteiger partial charge on any atom is -0.319 e. The number of benzene rings is 1. The largest absolute Gasteiger partial charge is 0.319 e. The summed E-state index contributed by atoms with van der Waals surface area (Å²) in [6, 6.07) is 11.0. The second-order valence-corrected chi connectivity index (χ2v) is 7.10. The van der Waals surface area contributed by atoms with Crippen LogP contribution >= 0.6 is 0 Å². The van der Waals surface area contributed by atoms with Crippen molar-refractivity contribution in [3.8, 4) is 0 Å². The summed E-state index contributed by atoms with van der Waals surface area (Å²) in [5.41, 5.74) is 1.68. The van der Waals surface area contributed by atoms with Crippen molar-refractivity contribution in [2.75, 3.05) is 33.2 Å². The molecular formula is C18H28N2. The van der Waals surface area contributed by atoms with E-state index in [9.17, 15) is 0 Å². The zero-order valence-corrected chi connectivity index (χ0v) is 12.9. The first kappa shape index (κ1) is 14.1. The predicted octanol–water partition coefficient (Wildman–Crippen LogP) is 2.90. The summed E-state index contributed by atoms with van der Waals surface area (Å²) in [5.74, 6) is 1.98. The molecule has 0 bridgehead atoms. The number of likely N-dealkylation sites (N-methyl/N-ethyl adjacent to an activating group) is 1. The molecule has 1 heterocycles. The maximum absolute atomic E-state index is 3.40. The molecule has 110 valence electrons. The topological polar surface area (TPSA) is 15.3 Å². The second-order valence-electron chi connectivity index (χ2n) is 7.10. The van der Waals surface area contributed by atoms with Crippen LogP contribution in [0.4, 0.5) is 0 Å². The van der Waals surface area contributed by atoms with Crippen LogP contribution in [0.1, 0.15) is 31.7 Å². The van der Waals surface area contributed by atoms with E-state index in [2.05, 4.69) is 54.5 Å². The first-order chi connectivity index (χ1) is 9.71. The van der Waals surface area contributed by atoms with Crippen molar-refractivity contribution in [1.82, 2.24) is 10.2 Å². The Morgan fingerprint density at radius 3 is 2.40 bits per heavy atom. The van der Waals surface area contributed by atoms with Crippen molar-refractivity contribution >= 4 is 0 Å². The molecular weight excluding hydrogens is 244 g/mol. The predicted molar refractivity (Wildman–Crippen MR) is 85.0 cm³/mol. The van der Waals surface area contributed by atoms with Gasteiger partial charge in [-0.3, -0.25) is 0 Å². The Bertz CT molecular complexity index is 418. The Balaban J connectivity index is 1.71. The van der Waals surface area contributed by atoms with Crippen LogP contribution in [0, 0.1) is 11.8 Å². The molecule has 2 fully saturated rings. The molecule has 1 saturated carbocycles. The van der Waals surface area contributed by atoms with Crippen LogP contribution in [0.15, 0.2) is 30.3 Å². The Labute approximate surface area is 123 Å². The summed E-state index contributed by atoms with van der Waals surface area (Å²) in [5, 5.41) is 3.40. The van der Waals surface area contributed by atoms with Crippen molar-refractivity contribution in [3.63, 3.8) is 0 Å². The van der Waals surface area contributed by atoms with Gasteiger partial charge in [0.2, 0.25) is 0 Å². The van der Waals surface area contributed by atoms with Gasteiger partial charge in [-0.2, -0.15) is 0 Å². The molecule has 1 saturated heterocycles. The Kier molecular flexibility index (Phi) is 4.13. The quantitative estimate of drug-likeness (QED) is 0.886. The van der Waals surface area contributed by atoms with Crippen LogP contribution in [-0.2, 0) is 5.41 Å². The minimum atomic E-state index is 0.217. The van der Waals surface area contributed by atoms with E-state index in [0.29, 0.717) is 0 Å². The molecule has 1 N–H and O–H groups in total. The highest BCUT2D eigenvalue weighted by Gasteiger charge is 2.39. The fourth-order valence-corrected chi connectivity index (χ4v) is 4.43. The third-order valence-corrected chi connectivity index (χ3v) is 5.41. The Morgan fingerprint density at radius 2 is 1.80 bits per heavy atom. The van der Waals surface area contributed by atoms with Gasteiger partial charge in [-0.15, -0.1) is 0 Å². The molecule has 3 unspecified atom stereocenters. The van der Waals surface area contributed by atoms with Gasteiger partial charge in [0.05, 0.1) is 0 Å². The number of likely N-dealkylation sites (tertiary alicyclic amines) is 1. The lowest BCUT2D eigenvalue weighted by atomic mass is 9.81. The molecule has 0 amide bonds. The van der Waals surface area contributed by atoms with E-state index in [1.165, 1.54) is 44.5 Å². The third kappa shape index (κ3) is 2.77. The fourth-order valence-electron chi connectivity index (χ4n) is 4.43.